The second-order valence-corrected chi connectivity index (χ2v) is 7.71. The van der Waals surface area contributed by atoms with Gasteiger partial charge >= 0.3 is 11.2 Å². The predicted molar refractivity (Wildman–Crippen MR) is 94.7 cm³/mol. The van der Waals surface area contributed by atoms with E-state index >= 15 is 0 Å². The van der Waals surface area contributed by atoms with Crippen LogP contribution in [-0.4, -0.2) is 43.6 Å². The number of carbonyl (C=O) groups is 1. The van der Waals surface area contributed by atoms with Crippen LogP contribution in [0.4, 0.5) is 5.69 Å². The average Bonchev–Trinajstić information content (AvgIpc) is 3.25. The van der Waals surface area contributed by atoms with E-state index in [0.717, 1.165) is 42.6 Å². The molecule has 2 aromatic heterocycles. The van der Waals surface area contributed by atoms with Gasteiger partial charge in [0.15, 0.2) is 5.69 Å². The second kappa shape index (κ2) is 5.77. The number of fused-ring (bicyclic) bond motifs is 5. The minimum absolute atomic E-state index is 0.0157. The summed E-state index contributed by atoms with van der Waals surface area (Å²) in [6.45, 7) is 1.47. The molecule has 3 aliphatic rings. The van der Waals surface area contributed by atoms with Gasteiger partial charge in [-0.05, 0) is 37.7 Å². The number of amides is 1. The molecule has 140 valence electrons. The number of carbonyl (C=O) groups excluding carboxylic acids is 1. The highest BCUT2D eigenvalue weighted by molar-refractivity contribution is 5.94. The molecule has 1 saturated heterocycles. The van der Waals surface area contributed by atoms with Crippen LogP contribution in [0.1, 0.15) is 46.2 Å². The molecule has 9 heteroatoms. The average molecular weight is 369 g/mol. The number of nitrogens with zero attached hydrogens (tertiary/aromatic N) is 4. The van der Waals surface area contributed by atoms with Crippen molar-refractivity contribution in [3.05, 3.63) is 55.2 Å². The number of hydrogen-bond donors (Lipinski definition) is 1. The van der Waals surface area contributed by atoms with E-state index in [4.69, 9.17) is 0 Å². The molecule has 0 spiro atoms. The minimum atomic E-state index is -0.631. The number of rotatable bonds is 2. The Hall–Kier alpha value is -2.97. The van der Waals surface area contributed by atoms with E-state index in [1.807, 2.05) is 4.90 Å². The van der Waals surface area contributed by atoms with Crippen LogP contribution in [-0.2, 0) is 19.4 Å². The normalized spacial score (nSPS) is 23.0. The fraction of sp³-hybridized carbons (Fsp3) is 0.500. The third-order valence-electron chi connectivity index (χ3n) is 6.08. The van der Waals surface area contributed by atoms with Crippen LogP contribution in [0.25, 0.3) is 0 Å². The molecule has 0 radical (unpaired) electrons. The maximum atomic E-state index is 13.1. The van der Waals surface area contributed by atoms with Crippen molar-refractivity contribution >= 4 is 11.6 Å². The molecular formula is C18H19N5O4. The van der Waals surface area contributed by atoms with E-state index in [9.17, 15) is 19.7 Å². The summed E-state index contributed by atoms with van der Waals surface area (Å²) in [5, 5.41) is 18.3. The van der Waals surface area contributed by atoms with Crippen LogP contribution in [0.15, 0.2) is 16.9 Å². The number of nitro groups is 1. The van der Waals surface area contributed by atoms with Gasteiger partial charge in [0.25, 0.3) is 5.91 Å². The number of likely N-dealkylation sites (tertiary alicyclic amines) is 1. The van der Waals surface area contributed by atoms with E-state index in [1.165, 1.54) is 10.6 Å². The van der Waals surface area contributed by atoms with Gasteiger partial charge in [-0.25, -0.2) is 0 Å². The summed E-state index contributed by atoms with van der Waals surface area (Å²) in [4.78, 5) is 37.8. The first-order valence-corrected chi connectivity index (χ1v) is 9.26. The van der Waals surface area contributed by atoms with Crippen LogP contribution in [0.3, 0.4) is 0 Å². The van der Waals surface area contributed by atoms with Crippen molar-refractivity contribution in [3.8, 4) is 0 Å². The number of aryl methyl sites for hydroxylation is 1. The van der Waals surface area contributed by atoms with Gasteiger partial charge in [-0.3, -0.25) is 24.8 Å². The summed E-state index contributed by atoms with van der Waals surface area (Å²) < 4.78 is 1.53. The Balaban J connectivity index is 1.46. The Kier molecular flexibility index (Phi) is 3.46. The summed E-state index contributed by atoms with van der Waals surface area (Å²) in [5.74, 6) is 0.0793. The van der Waals surface area contributed by atoms with Crippen molar-refractivity contribution in [3.63, 3.8) is 0 Å². The van der Waals surface area contributed by atoms with Crippen molar-refractivity contribution in [2.24, 2.45) is 5.92 Å². The lowest BCUT2D eigenvalue weighted by Gasteiger charge is -2.42. The highest BCUT2D eigenvalue weighted by Gasteiger charge is 2.39. The maximum absolute atomic E-state index is 13.1. The zero-order valence-electron chi connectivity index (χ0n) is 14.7. The predicted octanol–water partition coefficient (Wildman–Crippen LogP) is 1.23. The molecule has 0 aromatic carbocycles. The smallest absolute Gasteiger partial charge is 0.334 e. The Bertz CT molecular complexity index is 1020. The number of aromatic nitrogens is 3. The molecule has 1 aliphatic carbocycles. The Morgan fingerprint density at radius 2 is 2.11 bits per heavy atom. The fourth-order valence-corrected chi connectivity index (χ4v) is 4.89. The first-order valence-electron chi connectivity index (χ1n) is 9.26. The van der Waals surface area contributed by atoms with E-state index < -0.39 is 16.2 Å². The number of pyridine rings is 1. The monoisotopic (exact) mass is 369 g/mol. The number of piperidine rings is 1. The van der Waals surface area contributed by atoms with Gasteiger partial charge in [-0.15, -0.1) is 0 Å². The molecule has 1 fully saturated rings. The summed E-state index contributed by atoms with van der Waals surface area (Å²) in [6, 6.07) is 2.95. The molecule has 27 heavy (non-hydrogen) atoms. The molecule has 5 rings (SSSR count). The topological polar surface area (TPSA) is 114 Å². The Morgan fingerprint density at radius 3 is 2.93 bits per heavy atom. The van der Waals surface area contributed by atoms with E-state index in [-0.39, 0.29) is 17.7 Å². The molecule has 2 unspecified atom stereocenters. The van der Waals surface area contributed by atoms with Crippen LogP contribution in [0.2, 0.25) is 0 Å². The van der Waals surface area contributed by atoms with Gasteiger partial charge in [0.2, 0.25) is 0 Å². The van der Waals surface area contributed by atoms with Crippen molar-refractivity contribution in [2.45, 2.75) is 38.1 Å². The summed E-state index contributed by atoms with van der Waals surface area (Å²) in [6.07, 6.45) is 3.76. The van der Waals surface area contributed by atoms with Gasteiger partial charge < -0.3 is 9.47 Å². The largest absolute Gasteiger partial charge is 0.336 e. The number of aromatic amines is 1. The summed E-state index contributed by atoms with van der Waals surface area (Å²) in [7, 11) is 0. The van der Waals surface area contributed by atoms with Crippen LogP contribution < -0.4 is 5.56 Å². The minimum Gasteiger partial charge on any atom is -0.336 e. The first kappa shape index (κ1) is 16.2. The van der Waals surface area contributed by atoms with Crippen LogP contribution in [0.5, 0.6) is 0 Å². The molecule has 0 saturated carbocycles. The van der Waals surface area contributed by atoms with Crippen molar-refractivity contribution in [1.29, 1.82) is 0 Å². The highest BCUT2D eigenvalue weighted by Crippen LogP contribution is 2.36. The van der Waals surface area contributed by atoms with Gasteiger partial charge in [0.05, 0.1) is 4.92 Å². The third kappa shape index (κ3) is 2.41. The van der Waals surface area contributed by atoms with Crippen molar-refractivity contribution in [2.75, 3.05) is 13.1 Å². The van der Waals surface area contributed by atoms with Crippen LogP contribution >= 0.6 is 0 Å². The molecule has 1 N–H and O–H groups in total. The SMILES string of the molecule is O=C(c1n[nH]c2c1CCC2)N1CC2CC(C1)c1ccc([N+](=O)[O-])c(=O)n1C2. The molecule has 2 atom stereocenters. The number of H-pyrrole nitrogens is 1. The highest BCUT2D eigenvalue weighted by atomic mass is 16.6. The zero-order chi connectivity index (χ0) is 18.7. The van der Waals surface area contributed by atoms with Gasteiger partial charge in [0, 0.05) is 48.6 Å². The lowest BCUT2D eigenvalue weighted by Crippen LogP contribution is -2.49. The molecule has 9 nitrogen and oxygen atoms in total. The van der Waals surface area contributed by atoms with Gasteiger partial charge in [0.1, 0.15) is 0 Å². The number of hydrogen-bond acceptors (Lipinski definition) is 5. The Morgan fingerprint density at radius 1 is 1.26 bits per heavy atom. The van der Waals surface area contributed by atoms with E-state index in [2.05, 4.69) is 10.2 Å². The maximum Gasteiger partial charge on any atom is 0.334 e. The zero-order valence-corrected chi connectivity index (χ0v) is 14.7. The first-order chi connectivity index (χ1) is 13.0. The quantitative estimate of drug-likeness (QED) is 0.632. The van der Waals surface area contributed by atoms with Crippen molar-refractivity contribution < 1.29 is 9.72 Å². The molecule has 4 heterocycles. The molecular weight excluding hydrogens is 350 g/mol. The fourth-order valence-electron chi connectivity index (χ4n) is 4.89. The molecule has 1 amide bonds. The Labute approximate surface area is 154 Å². The lowest BCUT2D eigenvalue weighted by molar-refractivity contribution is -0.386. The lowest BCUT2D eigenvalue weighted by atomic mass is 9.83. The molecule has 2 bridgehead atoms. The standard InChI is InChI=1S/C18H19N5O4/c24-17-15(23(26)27)5-4-14-11-6-10(8-22(14)17)7-21(9-11)18(25)16-12-2-1-3-13(12)19-20-16/h4-5,10-11H,1-3,6-9H2,(H,19,20). The molecule has 2 aromatic rings. The van der Waals surface area contributed by atoms with Gasteiger partial charge in [-0.1, -0.05) is 0 Å². The third-order valence-corrected chi connectivity index (χ3v) is 6.08. The second-order valence-electron chi connectivity index (χ2n) is 7.71. The summed E-state index contributed by atoms with van der Waals surface area (Å²) in [5.41, 5.74) is 2.49. The molecule has 2 aliphatic heterocycles. The van der Waals surface area contributed by atoms with E-state index in [1.54, 1.807) is 6.07 Å². The van der Waals surface area contributed by atoms with Crippen molar-refractivity contribution in [1.82, 2.24) is 19.7 Å². The van der Waals surface area contributed by atoms with Gasteiger partial charge in [-0.2, -0.15) is 5.10 Å². The van der Waals surface area contributed by atoms with Crippen LogP contribution in [0, 0.1) is 16.0 Å². The summed E-state index contributed by atoms with van der Waals surface area (Å²) >= 11 is 0. The number of nitrogens with one attached hydrogen (secondary N) is 1. The van der Waals surface area contributed by atoms with E-state index in [0.29, 0.717) is 25.3 Å².